The van der Waals surface area contributed by atoms with E-state index in [4.69, 9.17) is 4.74 Å². The molecule has 2 amide bonds. The van der Waals surface area contributed by atoms with Gasteiger partial charge in [-0.3, -0.25) is 14.6 Å². The second-order valence-electron chi connectivity index (χ2n) is 5.72. The molecule has 0 aliphatic carbocycles. The lowest BCUT2D eigenvalue weighted by atomic mass is 10.2. The van der Waals surface area contributed by atoms with Crippen LogP contribution >= 0.6 is 11.3 Å². The third-order valence-electron chi connectivity index (χ3n) is 3.69. The molecule has 3 aromatic rings. The van der Waals surface area contributed by atoms with Crippen molar-refractivity contribution in [1.82, 2.24) is 4.98 Å². The number of hydrogen-bond donors (Lipinski definition) is 2. The van der Waals surface area contributed by atoms with Crippen LogP contribution < -0.4 is 15.4 Å². The Labute approximate surface area is 166 Å². The zero-order chi connectivity index (χ0) is 19.8. The number of amides is 2. The maximum atomic E-state index is 12.3. The molecule has 7 heteroatoms. The molecule has 0 aliphatic heterocycles. The summed E-state index contributed by atoms with van der Waals surface area (Å²) in [6, 6.07) is 13.9. The van der Waals surface area contributed by atoms with Gasteiger partial charge < -0.3 is 15.4 Å². The number of carbonyl (C=O) groups is 2. The topological polar surface area (TPSA) is 80.3 Å². The lowest BCUT2D eigenvalue weighted by Gasteiger charge is -2.08. The van der Waals surface area contributed by atoms with Gasteiger partial charge in [-0.2, -0.15) is 0 Å². The molecule has 0 spiro atoms. The number of ether oxygens (including phenoxy) is 1. The van der Waals surface area contributed by atoms with Gasteiger partial charge in [0.25, 0.3) is 5.91 Å². The molecule has 2 N–H and O–H groups in total. The van der Waals surface area contributed by atoms with Crippen LogP contribution in [0.5, 0.6) is 5.75 Å². The molecule has 0 aliphatic rings. The Morgan fingerprint density at radius 3 is 2.36 bits per heavy atom. The van der Waals surface area contributed by atoms with Gasteiger partial charge in [0, 0.05) is 34.1 Å². The quantitative estimate of drug-likeness (QED) is 0.581. The Hall–Kier alpha value is -3.45. The molecule has 142 valence electrons. The van der Waals surface area contributed by atoms with Crippen molar-refractivity contribution in [2.24, 2.45) is 0 Å². The summed E-state index contributed by atoms with van der Waals surface area (Å²) in [5.74, 6) is 0.275. The molecule has 1 aromatic heterocycles. The molecule has 0 saturated heterocycles. The average Bonchev–Trinajstić information content (AvgIpc) is 3.22. The lowest BCUT2D eigenvalue weighted by Crippen LogP contribution is -2.12. The van der Waals surface area contributed by atoms with Crippen molar-refractivity contribution in [2.75, 3.05) is 17.2 Å². The highest BCUT2D eigenvalue weighted by molar-refractivity contribution is 7.10. The first kappa shape index (κ1) is 19.3. The number of anilines is 2. The summed E-state index contributed by atoms with van der Waals surface area (Å²) in [4.78, 5) is 29.1. The number of carbonyl (C=O) groups excluding carboxylic acids is 2. The van der Waals surface area contributed by atoms with Crippen LogP contribution in [0.15, 0.2) is 66.3 Å². The van der Waals surface area contributed by atoms with Crippen LogP contribution in [0.25, 0.3) is 6.08 Å². The van der Waals surface area contributed by atoms with Crippen LogP contribution in [0.1, 0.15) is 22.2 Å². The largest absolute Gasteiger partial charge is 0.494 e. The van der Waals surface area contributed by atoms with Crippen molar-refractivity contribution >= 4 is 40.6 Å². The van der Waals surface area contributed by atoms with Gasteiger partial charge >= 0.3 is 0 Å². The van der Waals surface area contributed by atoms with E-state index in [1.54, 1.807) is 66.3 Å². The Morgan fingerprint density at radius 1 is 1.04 bits per heavy atom. The van der Waals surface area contributed by atoms with Crippen molar-refractivity contribution < 1.29 is 14.3 Å². The SMILES string of the molecule is CCOc1ccc(NC(=O)c2ccc(NC(=O)/C=C/c3cncs3)cc2)cc1. The fraction of sp³-hybridized carbons (Fsp3) is 0.0952. The number of aromatic nitrogens is 1. The highest BCUT2D eigenvalue weighted by Gasteiger charge is 2.07. The first-order chi connectivity index (χ1) is 13.6. The number of rotatable bonds is 7. The maximum Gasteiger partial charge on any atom is 0.255 e. The molecule has 3 rings (SSSR count). The van der Waals surface area contributed by atoms with Crippen LogP contribution in [0.3, 0.4) is 0 Å². The molecule has 0 unspecified atom stereocenters. The van der Waals surface area contributed by atoms with Gasteiger partial charge in [0.2, 0.25) is 5.91 Å². The molecule has 2 aromatic carbocycles. The number of hydrogen-bond acceptors (Lipinski definition) is 5. The molecule has 28 heavy (non-hydrogen) atoms. The summed E-state index contributed by atoms with van der Waals surface area (Å²) in [7, 11) is 0. The Bertz CT molecular complexity index is 950. The van der Waals surface area contributed by atoms with Gasteiger partial charge in [0.15, 0.2) is 0 Å². The van der Waals surface area contributed by atoms with Crippen LogP contribution in [0.2, 0.25) is 0 Å². The van der Waals surface area contributed by atoms with Crippen molar-refractivity contribution in [1.29, 1.82) is 0 Å². The van der Waals surface area contributed by atoms with Gasteiger partial charge in [0.1, 0.15) is 5.75 Å². The van der Waals surface area contributed by atoms with Gasteiger partial charge in [-0.25, -0.2) is 0 Å². The summed E-state index contributed by atoms with van der Waals surface area (Å²) in [6.07, 6.45) is 4.83. The second-order valence-corrected chi connectivity index (χ2v) is 6.63. The summed E-state index contributed by atoms with van der Waals surface area (Å²) in [5.41, 5.74) is 3.48. The van der Waals surface area contributed by atoms with Gasteiger partial charge in [-0.05, 0) is 61.5 Å². The van der Waals surface area contributed by atoms with E-state index >= 15 is 0 Å². The van der Waals surface area contributed by atoms with E-state index in [-0.39, 0.29) is 11.8 Å². The van der Waals surface area contributed by atoms with Crippen LogP contribution in [-0.2, 0) is 4.79 Å². The van der Waals surface area contributed by atoms with E-state index in [1.165, 1.54) is 17.4 Å². The number of thiazole rings is 1. The van der Waals surface area contributed by atoms with Crippen molar-refractivity contribution in [2.45, 2.75) is 6.92 Å². The fourth-order valence-electron chi connectivity index (χ4n) is 2.36. The minimum atomic E-state index is -0.250. The zero-order valence-corrected chi connectivity index (χ0v) is 16.0. The molecular formula is C21H19N3O3S. The molecule has 0 radical (unpaired) electrons. The third-order valence-corrected chi connectivity index (χ3v) is 4.43. The minimum absolute atomic E-state index is 0.230. The fourth-order valence-corrected chi connectivity index (χ4v) is 2.87. The monoisotopic (exact) mass is 393 g/mol. The molecule has 0 fully saturated rings. The maximum absolute atomic E-state index is 12.3. The van der Waals surface area contributed by atoms with Crippen molar-refractivity contribution in [3.63, 3.8) is 0 Å². The number of nitrogens with zero attached hydrogens (tertiary/aromatic N) is 1. The molecule has 1 heterocycles. The molecule has 0 atom stereocenters. The normalized spacial score (nSPS) is 10.6. The van der Waals surface area contributed by atoms with E-state index in [9.17, 15) is 9.59 Å². The highest BCUT2D eigenvalue weighted by atomic mass is 32.1. The first-order valence-electron chi connectivity index (χ1n) is 8.66. The third kappa shape index (κ3) is 5.52. The van der Waals surface area contributed by atoms with E-state index in [0.29, 0.717) is 23.5 Å². The Morgan fingerprint density at radius 2 is 1.71 bits per heavy atom. The highest BCUT2D eigenvalue weighted by Crippen LogP contribution is 2.17. The van der Waals surface area contributed by atoms with Gasteiger partial charge in [-0.1, -0.05) is 0 Å². The van der Waals surface area contributed by atoms with E-state index in [0.717, 1.165) is 10.6 Å². The smallest absolute Gasteiger partial charge is 0.255 e. The van der Waals surface area contributed by atoms with E-state index < -0.39 is 0 Å². The summed E-state index contributed by atoms with van der Waals surface area (Å²) < 4.78 is 5.38. The predicted molar refractivity (Wildman–Crippen MR) is 112 cm³/mol. The van der Waals surface area contributed by atoms with Crippen LogP contribution in [-0.4, -0.2) is 23.4 Å². The lowest BCUT2D eigenvalue weighted by molar-refractivity contribution is -0.111. The molecule has 0 saturated carbocycles. The summed E-state index contributed by atoms with van der Waals surface area (Å²) in [5, 5.41) is 5.58. The van der Waals surface area contributed by atoms with Crippen LogP contribution in [0.4, 0.5) is 11.4 Å². The van der Waals surface area contributed by atoms with Crippen molar-refractivity contribution in [3.05, 3.63) is 76.8 Å². The van der Waals surface area contributed by atoms with Gasteiger partial charge in [-0.15, -0.1) is 11.3 Å². The van der Waals surface area contributed by atoms with E-state index in [1.807, 2.05) is 6.92 Å². The van der Waals surface area contributed by atoms with Crippen LogP contribution in [0, 0.1) is 0 Å². The number of nitrogens with one attached hydrogen (secondary N) is 2. The zero-order valence-electron chi connectivity index (χ0n) is 15.2. The summed E-state index contributed by atoms with van der Waals surface area (Å²) >= 11 is 1.45. The predicted octanol–water partition coefficient (Wildman–Crippen LogP) is 4.45. The van der Waals surface area contributed by atoms with E-state index in [2.05, 4.69) is 15.6 Å². The average molecular weight is 393 g/mol. The Kier molecular flexibility index (Phi) is 6.54. The van der Waals surface area contributed by atoms with Gasteiger partial charge in [0.05, 0.1) is 12.1 Å². The second kappa shape index (κ2) is 9.48. The Balaban J connectivity index is 1.55. The van der Waals surface area contributed by atoms with Crippen molar-refractivity contribution in [3.8, 4) is 5.75 Å². The molecule has 6 nitrogen and oxygen atoms in total. The standard InChI is InChI=1S/C21H19N3O3S/c1-2-27-18-9-7-17(8-10-18)24-21(26)15-3-5-16(6-4-15)23-20(25)12-11-19-13-22-14-28-19/h3-14H,2H2,1H3,(H,23,25)(H,24,26)/b12-11+. The first-order valence-corrected chi connectivity index (χ1v) is 9.54. The molecular weight excluding hydrogens is 374 g/mol. The summed E-state index contributed by atoms with van der Waals surface area (Å²) in [6.45, 7) is 2.51. The minimum Gasteiger partial charge on any atom is -0.494 e. The number of benzene rings is 2. The molecule has 0 bridgehead atoms.